The van der Waals surface area contributed by atoms with Crippen LogP contribution in [0.25, 0.3) is 0 Å². The van der Waals surface area contributed by atoms with E-state index in [-0.39, 0.29) is 19.1 Å². The largest absolute Gasteiger partial charge is 0.496 e. The molecule has 1 N–H and O–H groups in total. The number of aromatic nitrogens is 2. The number of fused-ring (bicyclic) bond motifs is 1. The van der Waals surface area contributed by atoms with Gasteiger partial charge >= 0.3 is 6.18 Å². The number of alkyl halides is 3. The third-order valence-electron chi connectivity index (χ3n) is 4.67. The van der Waals surface area contributed by atoms with Crippen LogP contribution in [0.1, 0.15) is 11.1 Å². The van der Waals surface area contributed by atoms with Gasteiger partial charge < -0.3 is 19.5 Å². The number of hydrogen-bond acceptors (Lipinski definition) is 7. The summed E-state index contributed by atoms with van der Waals surface area (Å²) < 4.78 is 55.6. The first-order valence-electron chi connectivity index (χ1n) is 9.30. The van der Waals surface area contributed by atoms with Gasteiger partial charge in [0.05, 0.1) is 30.2 Å². The molecule has 1 aliphatic heterocycles. The average molecular weight is 432 g/mol. The molecule has 0 amide bonds. The molecule has 0 radical (unpaired) electrons. The molecule has 0 saturated carbocycles. The summed E-state index contributed by atoms with van der Waals surface area (Å²) in [4.78, 5) is 9.94. The summed E-state index contributed by atoms with van der Waals surface area (Å²) in [6.07, 6.45) is -2.14. The number of anilines is 3. The van der Waals surface area contributed by atoms with Crippen LogP contribution in [0.4, 0.5) is 30.4 Å². The van der Waals surface area contributed by atoms with E-state index in [1.807, 2.05) is 13.0 Å². The van der Waals surface area contributed by atoms with Gasteiger partial charge in [0.1, 0.15) is 25.0 Å². The Hall–Kier alpha value is -3.53. The summed E-state index contributed by atoms with van der Waals surface area (Å²) >= 11 is 0. The summed E-state index contributed by atoms with van der Waals surface area (Å²) in [5.74, 6) is 1.93. The first-order chi connectivity index (χ1) is 14.8. The van der Waals surface area contributed by atoms with Gasteiger partial charge in [-0.25, -0.2) is 9.97 Å². The molecule has 162 valence electrons. The van der Waals surface area contributed by atoms with Crippen molar-refractivity contribution in [2.24, 2.45) is 0 Å². The number of nitrogens with zero attached hydrogens (tertiary/aromatic N) is 3. The number of aryl methyl sites for hydroxylation is 1. The van der Waals surface area contributed by atoms with Crippen molar-refractivity contribution in [2.75, 3.05) is 30.8 Å². The van der Waals surface area contributed by atoms with E-state index in [9.17, 15) is 13.2 Å². The molecule has 1 aliphatic rings. The van der Waals surface area contributed by atoms with E-state index in [0.717, 1.165) is 17.8 Å². The van der Waals surface area contributed by atoms with Gasteiger partial charge in [-0.05, 0) is 30.7 Å². The van der Waals surface area contributed by atoms with Crippen molar-refractivity contribution < 1.29 is 27.4 Å². The third-order valence-corrected chi connectivity index (χ3v) is 4.67. The van der Waals surface area contributed by atoms with Gasteiger partial charge in [0.25, 0.3) is 0 Å². The highest BCUT2D eigenvalue weighted by Gasteiger charge is 2.32. The first-order valence-corrected chi connectivity index (χ1v) is 9.30. The molecule has 2 aromatic heterocycles. The zero-order valence-corrected chi connectivity index (χ0v) is 16.7. The molecule has 3 aromatic rings. The molecule has 0 saturated heterocycles. The average Bonchev–Trinajstić information content (AvgIpc) is 2.97. The molecule has 0 bridgehead atoms. The number of benzene rings is 1. The standard InChI is InChI=1S/C21H19F3N4O3/c1-13-3-5-16(8-18(13)29-2)31-19-6-4-15(10-25-19)28-12-30-11-27-17-7-14(21(22,23)24)9-26-20(17)28/h3-10,27H,11-12H2,1-2H3. The fourth-order valence-corrected chi connectivity index (χ4v) is 3.06. The molecule has 31 heavy (non-hydrogen) atoms. The van der Waals surface area contributed by atoms with Gasteiger partial charge in [-0.2, -0.15) is 13.2 Å². The number of halogens is 3. The Morgan fingerprint density at radius 2 is 1.94 bits per heavy atom. The molecule has 0 fully saturated rings. The van der Waals surface area contributed by atoms with Crippen molar-refractivity contribution in [1.82, 2.24) is 9.97 Å². The number of ether oxygens (including phenoxy) is 3. The maximum atomic E-state index is 13.0. The highest BCUT2D eigenvalue weighted by Crippen LogP contribution is 2.37. The number of hydrogen-bond donors (Lipinski definition) is 1. The highest BCUT2D eigenvalue weighted by molar-refractivity contribution is 5.73. The molecule has 3 heterocycles. The minimum Gasteiger partial charge on any atom is -0.496 e. The van der Waals surface area contributed by atoms with Crippen molar-refractivity contribution in [2.45, 2.75) is 13.1 Å². The Morgan fingerprint density at radius 3 is 2.65 bits per heavy atom. The molecule has 1 aromatic carbocycles. The summed E-state index contributed by atoms with van der Waals surface area (Å²) in [7, 11) is 1.58. The van der Waals surface area contributed by atoms with E-state index >= 15 is 0 Å². The minimum absolute atomic E-state index is 0.0520. The molecule has 0 spiro atoms. The molecule has 7 nitrogen and oxygen atoms in total. The number of rotatable bonds is 4. The smallest absolute Gasteiger partial charge is 0.417 e. The van der Waals surface area contributed by atoms with E-state index in [1.54, 1.807) is 42.5 Å². The van der Waals surface area contributed by atoms with Gasteiger partial charge in [-0.1, -0.05) is 6.07 Å². The van der Waals surface area contributed by atoms with Crippen molar-refractivity contribution >= 4 is 17.2 Å². The minimum atomic E-state index is -4.49. The van der Waals surface area contributed by atoms with Gasteiger partial charge in [-0.3, -0.25) is 4.90 Å². The van der Waals surface area contributed by atoms with Crippen LogP contribution in [-0.4, -0.2) is 30.5 Å². The predicted molar refractivity (Wildman–Crippen MR) is 108 cm³/mol. The normalized spacial score (nSPS) is 13.8. The van der Waals surface area contributed by atoms with Gasteiger partial charge in [0, 0.05) is 18.3 Å². The van der Waals surface area contributed by atoms with Crippen molar-refractivity contribution in [1.29, 1.82) is 0 Å². The lowest BCUT2D eigenvalue weighted by atomic mass is 10.2. The van der Waals surface area contributed by atoms with Crippen molar-refractivity contribution in [3.63, 3.8) is 0 Å². The highest BCUT2D eigenvalue weighted by atomic mass is 19.4. The lowest BCUT2D eigenvalue weighted by molar-refractivity contribution is -0.137. The molecule has 10 heteroatoms. The van der Waals surface area contributed by atoms with Gasteiger partial charge in [0.15, 0.2) is 5.82 Å². The van der Waals surface area contributed by atoms with Crippen LogP contribution in [0.15, 0.2) is 48.8 Å². The van der Waals surface area contributed by atoms with Crippen LogP contribution in [0.2, 0.25) is 0 Å². The van der Waals surface area contributed by atoms with Crippen molar-refractivity contribution in [3.05, 3.63) is 59.9 Å². The Labute approximate surface area is 176 Å². The lowest BCUT2D eigenvalue weighted by Gasteiger charge is -2.22. The number of methoxy groups -OCH3 is 1. The summed E-state index contributed by atoms with van der Waals surface area (Å²) in [6, 6.07) is 9.84. The van der Waals surface area contributed by atoms with Gasteiger partial charge in [0.2, 0.25) is 5.88 Å². The van der Waals surface area contributed by atoms with Crippen LogP contribution >= 0.6 is 0 Å². The Bertz CT molecular complexity index is 1070. The third kappa shape index (κ3) is 4.48. The number of pyridine rings is 2. The fraction of sp³-hybridized carbons (Fsp3) is 0.238. The molecule has 0 atom stereocenters. The monoisotopic (exact) mass is 432 g/mol. The predicted octanol–water partition coefficient (Wildman–Crippen LogP) is 5.10. The first kappa shape index (κ1) is 20.7. The zero-order chi connectivity index (χ0) is 22.0. The van der Waals surface area contributed by atoms with Crippen LogP contribution in [0.3, 0.4) is 0 Å². The molecule has 0 unspecified atom stereocenters. The molecule has 4 rings (SSSR count). The topological polar surface area (TPSA) is 68.7 Å². The Balaban J connectivity index is 1.58. The van der Waals surface area contributed by atoms with E-state index in [4.69, 9.17) is 14.2 Å². The maximum Gasteiger partial charge on any atom is 0.417 e. The second kappa shape index (κ2) is 8.31. The zero-order valence-electron chi connectivity index (χ0n) is 16.7. The van der Waals surface area contributed by atoms with Crippen LogP contribution < -0.4 is 19.7 Å². The summed E-state index contributed by atoms with van der Waals surface area (Å²) in [5.41, 5.74) is 0.953. The second-order valence-corrected chi connectivity index (χ2v) is 6.76. The summed E-state index contributed by atoms with van der Waals surface area (Å²) in [5, 5.41) is 2.81. The van der Waals surface area contributed by atoms with Crippen molar-refractivity contribution in [3.8, 4) is 17.4 Å². The summed E-state index contributed by atoms with van der Waals surface area (Å²) in [6.45, 7) is 2.07. The SMILES string of the molecule is COc1cc(Oc2ccc(N3COCNc4cc(C(F)(F)F)cnc43)cn2)ccc1C. The second-order valence-electron chi connectivity index (χ2n) is 6.76. The van der Waals surface area contributed by atoms with Gasteiger partial charge in [-0.15, -0.1) is 0 Å². The van der Waals surface area contributed by atoms with E-state index in [2.05, 4.69) is 15.3 Å². The molecular weight excluding hydrogens is 413 g/mol. The van der Waals surface area contributed by atoms with Crippen LogP contribution in [0.5, 0.6) is 17.4 Å². The van der Waals surface area contributed by atoms with E-state index in [1.165, 1.54) is 0 Å². The van der Waals surface area contributed by atoms with E-state index < -0.39 is 11.7 Å². The fourth-order valence-electron chi connectivity index (χ4n) is 3.06. The van der Waals surface area contributed by atoms with Crippen LogP contribution in [0, 0.1) is 6.92 Å². The quantitative estimate of drug-likeness (QED) is 0.615. The lowest BCUT2D eigenvalue weighted by Crippen LogP contribution is -2.20. The molecular formula is C21H19F3N4O3. The maximum absolute atomic E-state index is 13.0. The van der Waals surface area contributed by atoms with E-state index in [0.29, 0.717) is 28.9 Å². The molecule has 0 aliphatic carbocycles. The number of nitrogens with one attached hydrogen (secondary N) is 1. The Kier molecular flexibility index (Phi) is 5.55. The Morgan fingerprint density at radius 1 is 1.10 bits per heavy atom. The van der Waals surface area contributed by atoms with Crippen LogP contribution in [-0.2, 0) is 10.9 Å².